The molecule has 0 atom stereocenters. The van der Waals surface area contributed by atoms with Gasteiger partial charge in [-0.2, -0.15) is 14.6 Å². The molecule has 1 aliphatic rings. The van der Waals surface area contributed by atoms with Crippen LogP contribution in [0.5, 0.6) is 5.75 Å². The summed E-state index contributed by atoms with van der Waals surface area (Å²) in [6.07, 6.45) is 1.69. The zero-order chi connectivity index (χ0) is 24.0. The predicted molar refractivity (Wildman–Crippen MR) is 134 cm³/mol. The lowest BCUT2D eigenvalue weighted by Gasteiger charge is -2.26. The largest absolute Gasteiger partial charge is 0.487 e. The average molecular weight is 515 g/mol. The SMILES string of the molecule is Fc1cccc(COc2ccc(Nc3nc(SCCN4CCOCC4)nc4ccnn34)cc2Cl)c1. The average Bonchev–Trinajstić information content (AvgIpc) is 3.33. The fourth-order valence-corrected chi connectivity index (χ4v) is 4.73. The van der Waals surface area contributed by atoms with Crippen molar-refractivity contribution in [3.8, 4) is 5.75 Å². The number of benzene rings is 2. The molecule has 2 aromatic heterocycles. The second-order valence-electron chi connectivity index (χ2n) is 7.92. The molecule has 1 saturated heterocycles. The molecule has 2 aromatic carbocycles. The number of hydrogen-bond acceptors (Lipinski definition) is 8. The molecular formula is C24H24ClFN6O2S. The molecule has 0 unspecified atom stereocenters. The Morgan fingerprint density at radius 1 is 1.11 bits per heavy atom. The Morgan fingerprint density at radius 3 is 2.83 bits per heavy atom. The van der Waals surface area contributed by atoms with Gasteiger partial charge < -0.3 is 14.8 Å². The Labute approximate surface area is 211 Å². The number of nitrogens with one attached hydrogen (secondary N) is 1. The molecule has 4 aromatic rings. The van der Waals surface area contributed by atoms with Gasteiger partial charge >= 0.3 is 0 Å². The summed E-state index contributed by atoms with van der Waals surface area (Å²) >= 11 is 8.06. The Kier molecular flexibility index (Phi) is 7.63. The monoisotopic (exact) mass is 514 g/mol. The molecule has 0 spiro atoms. The van der Waals surface area contributed by atoms with Crippen LogP contribution < -0.4 is 10.1 Å². The second kappa shape index (κ2) is 11.2. The van der Waals surface area contributed by atoms with Crippen molar-refractivity contribution in [3.05, 3.63) is 71.1 Å². The molecule has 1 aliphatic heterocycles. The number of rotatable bonds is 9. The van der Waals surface area contributed by atoms with Crippen LogP contribution in [-0.2, 0) is 11.3 Å². The first-order valence-corrected chi connectivity index (χ1v) is 12.6. The van der Waals surface area contributed by atoms with E-state index < -0.39 is 0 Å². The maximum absolute atomic E-state index is 13.4. The smallest absolute Gasteiger partial charge is 0.232 e. The van der Waals surface area contributed by atoms with Gasteiger partial charge in [-0.25, -0.2) is 9.37 Å². The standard InChI is InChI=1S/C24H24ClFN6O2S/c25-20-15-19(4-5-21(20)34-16-17-2-1-3-18(26)14-17)28-23-30-24(29-22-6-7-27-32(22)23)35-13-10-31-8-11-33-12-9-31/h1-7,14-15H,8-13,16H2,(H,28,29,30). The van der Waals surface area contributed by atoms with E-state index in [0.717, 1.165) is 49.9 Å². The Hall–Kier alpha value is -2.92. The molecule has 11 heteroatoms. The molecule has 1 fully saturated rings. The molecule has 0 amide bonds. The molecule has 0 saturated carbocycles. The molecule has 182 valence electrons. The number of anilines is 2. The van der Waals surface area contributed by atoms with Crippen LogP contribution in [0.25, 0.3) is 5.65 Å². The van der Waals surface area contributed by atoms with Crippen LogP contribution in [0.1, 0.15) is 5.56 Å². The van der Waals surface area contributed by atoms with Gasteiger partial charge in [0.05, 0.1) is 24.4 Å². The lowest BCUT2D eigenvalue weighted by atomic mass is 10.2. The highest BCUT2D eigenvalue weighted by Gasteiger charge is 2.13. The number of hydrogen-bond donors (Lipinski definition) is 1. The second-order valence-corrected chi connectivity index (χ2v) is 9.39. The van der Waals surface area contributed by atoms with E-state index in [-0.39, 0.29) is 12.4 Å². The minimum Gasteiger partial charge on any atom is -0.487 e. The quantitative estimate of drug-likeness (QED) is 0.323. The minimum atomic E-state index is -0.301. The van der Waals surface area contributed by atoms with Gasteiger partial charge in [0.25, 0.3) is 0 Å². The summed E-state index contributed by atoms with van der Waals surface area (Å²) in [6.45, 7) is 4.66. The molecule has 35 heavy (non-hydrogen) atoms. The molecule has 0 aliphatic carbocycles. The molecule has 8 nitrogen and oxygen atoms in total. The third-order valence-electron chi connectivity index (χ3n) is 5.45. The fourth-order valence-electron chi connectivity index (χ4n) is 3.65. The summed E-state index contributed by atoms with van der Waals surface area (Å²) in [4.78, 5) is 11.7. The zero-order valence-corrected chi connectivity index (χ0v) is 20.4. The van der Waals surface area contributed by atoms with E-state index in [2.05, 4.69) is 25.3 Å². The molecule has 5 rings (SSSR count). The molecule has 3 heterocycles. The zero-order valence-electron chi connectivity index (χ0n) is 18.9. The molecular weight excluding hydrogens is 491 g/mol. The summed E-state index contributed by atoms with van der Waals surface area (Å²) in [5.41, 5.74) is 2.16. The van der Waals surface area contributed by atoms with Crippen molar-refractivity contribution in [1.82, 2.24) is 24.5 Å². The van der Waals surface area contributed by atoms with E-state index in [1.807, 2.05) is 12.1 Å². The van der Waals surface area contributed by atoms with Crippen LogP contribution in [-0.4, -0.2) is 63.1 Å². The number of ether oxygens (including phenoxy) is 2. The summed E-state index contributed by atoms with van der Waals surface area (Å²) in [5.74, 6) is 1.63. The van der Waals surface area contributed by atoms with E-state index in [9.17, 15) is 4.39 Å². The van der Waals surface area contributed by atoms with Gasteiger partial charge in [-0.1, -0.05) is 35.5 Å². The van der Waals surface area contributed by atoms with Crippen LogP contribution in [0.2, 0.25) is 5.02 Å². The Balaban J connectivity index is 1.25. The van der Waals surface area contributed by atoms with Crippen LogP contribution in [0.4, 0.5) is 16.0 Å². The normalized spacial score (nSPS) is 14.3. The van der Waals surface area contributed by atoms with Gasteiger partial charge in [0.1, 0.15) is 18.2 Å². The van der Waals surface area contributed by atoms with Crippen LogP contribution >= 0.6 is 23.4 Å². The summed E-state index contributed by atoms with van der Waals surface area (Å²) in [6, 6.07) is 13.5. The van der Waals surface area contributed by atoms with E-state index >= 15 is 0 Å². The molecule has 1 N–H and O–H groups in total. The number of aromatic nitrogens is 4. The molecule has 0 radical (unpaired) electrons. The first-order valence-electron chi connectivity index (χ1n) is 11.2. The van der Waals surface area contributed by atoms with Crippen molar-refractivity contribution in [2.24, 2.45) is 0 Å². The van der Waals surface area contributed by atoms with Crippen molar-refractivity contribution in [2.45, 2.75) is 11.8 Å². The predicted octanol–water partition coefficient (Wildman–Crippen LogP) is 4.66. The van der Waals surface area contributed by atoms with E-state index in [0.29, 0.717) is 27.5 Å². The summed E-state index contributed by atoms with van der Waals surface area (Å²) < 4.78 is 26.2. The Morgan fingerprint density at radius 2 is 2.00 bits per heavy atom. The third-order valence-corrected chi connectivity index (χ3v) is 6.57. The van der Waals surface area contributed by atoms with Crippen molar-refractivity contribution in [1.29, 1.82) is 0 Å². The number of nitrogens with zero attached hydrogens (tertiary/aromatic N) is 5. The van der Waals surface area contributed by atoms with Crippen molar-refractivity contribution >= 4 is 40.6 Å². The highest BCUT2D eigenvalue weighted by molar-refractivity contribution is 7.99. The van der Waals surface area contributed by atoms with Crippen LogP contribution in [0.15, 0.2) is 59.9 Å². The lowest BCUT2D eigenvalue weighted by Crippen LogP contribution is -2.37. The van der Waals surface area contributed by atoms with Crippen LogP contribution in [0.3, 0.4) is 0 Å². The van der Waals surface area contributed by atoms with Gasteiger partial charge in [-0.15, -0.1) is 0 Å². The highest BCUT2D eigenvalue weighted by atomic mass is 35.5. The fraction of sp³-hybridized carbons (Fsp3) is 0.292. The van der Waals surface area contributed by atoms with Gasteiger partial charge in [0, 0.05) is 37.1 Å². The van der Waals surface area contributed by atoms with E-state index in [4.69, 9.17) is 21.1 Å². The molecule has 0 bridgehead atoms. The van der Waals surface area contributed by atoms with Crippen molar-refractivity contribution < 1.29 is 13.9 Å². The topological polar surface area (TPSA) is 76.8 Å². The van der Waals surface area contributed by atoms with Gasteiger partial charge in [-0.3, -0.25) is 4.90 Å². The maximum Gasteiger partial charge on any atom is 0.232 e. The van der Waals surface area contributed by atoms with Gasteiger partial charge in [0.2, 0.25) is 5.95 Å². The van der Waals surface area contributed by atoms with Crippen LogP contribution in [0, 0.1) is 5.82 Å². The third kappa shape index (κ3) is 6.21. The number of fused-ring (bicyclic) bond motifs is 1. The number of thioether (sulfide) groups is 1. The first kappa shape index (κ1) is 23.8. The minimum absolute atomic E-state index is 0.217. The number of halogens is 2. The highest BCUT2D eigenvalue weighted by Crippen LogP contribution is 2.30. The summed E-state index contributed by atoms with van der Waals surface area (Å²) in [5, 5.41) is 8.72. The van der Waals surface area contributed by atoms with Crippen molar-refractivity contribution in [2.75, 3.05) is 43.9 Å². The summed E-state index contributed by atoms with van der Waals surface area (Å²) in [7, 11) is 0. The van der Waals surface area contributed by atoms with Gasteiger partial charge in [-0.05, 0) is 35.9 Å². The maximum atomic E-state index is 13.4. The number of morpholine rings is 1. The van der Waals surface area contributed by atoms with Gasteiger partial charge in [0.15, 0.2) is 10.8 Å². The van der Waals surface area contributed by atoms with E-state index in [1.165, 1.54) is 12.1 Å². The Bertz CT molecular complexity index is 1300. The van der Waals surface area contributed by atoms with Crippen molar-refractivity contribution in [3.63, 3.8) is 0 Å². The van der Waals surface area contributed by atoms with E-state index in [1.54, 1.807) is 46.7 Å². The first-order chi connectivity index (χ1) is 17.1. The lowest BCUT2D eigenvalue weighted by molar-refractivity contribution is 0.0410.